The van der Waals surface area contributed by atoms with Gasteiger partial charge < -0.3 is 0 Å². The van der Waals surface area contributed by atoms with Gasteiger partial charge in [-0.3, -0.25) is 14.8 Å². The second kappa shape index (κ2) is 6.02. The van der Waals surface area contributed by atoms with Gasteiger partial charge in [-0.2, -0.15) is 0 Å². The summed E-state index contributed by atoms with van der Waals surface area (Å²) in [5.41, 5.74) is 2.77. The number of rotatable bonds is 2. The van der Waals surface area contributed by atoms with Crippen LogP contribution in [0.3, 0.4) is 0 Å². The first-order valence-electron chi connectivity index (χ1n) is 7.69. The number of piperidine rings is 1. The van der Waals surface area contributed by atoms with Gasteiger partial charge in [-0.15, -0.1) is 0 Å². The lowest BCUT2D eigenvalue weighted by molar-refractivity contribution is 0.135. The highest BCUT2D eigenvalue weighted by Crippen LogP contribution is 2.22. The summed E-state index contributed by atoms with van der Waals surface area (Å²) in [6.45, 7) is 8.39. The van der Waals surface area contributed by atoms with Gasteiger partial charge in [0.2, 0.25) is 0 Å². The van der Waals surface area contributed by atoms with Crippen molar-refractivity contribution in [1.82, 2.24) is 14.8 Å². The number of fused-ring (bicyclic) bond motifs is 1. The van der Waals surface area contributed by atoms with Crippen LogP contribution in [0.2, 0.25) is 0 Å². The first-order chi connectivity index (χ1) is 9.33. The molecule has 3 rings (SSSR count). The van der Waals surface area contributed by atoms with E-state index in [1.54, 1.807) is 0 Å². The lowest BCUT2D eigenvalue weighted by Crippen LogP contribution is -2.43. The predicted octanol–water partition coefficient (Wildman–Crippen LogP) is 2.45. The molecule has 0 aromatic carbocycles. The molecule has 0 bridgehead atoms. The standard InChI is InChI=1S/C16H25N3/c1-14-11-17-7-6-15(14)12-18-8-4-10-19-9-3-2-5-16(19)13-18/h6-7,11,16H,2-5,8-10,12-13H2,1H3. The van der Waals surface area contributed by atoms with Gasteiger partial charge in [0.25, 0.3) is 0 Å². The number of aromatic nitrogens is 1. The van der Waals surface area contributed by atoms with Crippen molar-refractivity contribution in [3.05, 3.63) is 29.6 Å². The number of hydrogen-bond acceptors (Lipinski definition) is 3. The Bertz CT molecular complexity index is 418. The topological polar surface area (TPSA) is 19.4 Å². The van der Waals surface area contributed by atoms with Crippen LogP contribution in [0.4, 0.5) is 0 Å². The van der Waals surface area contributed by atoms with Crippen LogP contribution in [-0.2, 0) is 6.54 Å². The molecule has 3 nitrogen and oxygen atoms in total. The van der Waals surface area contributed by atoms with Gasteiger partial charge in [0.1, 0.15) is 0 Å². The zero-order chi connectivity index (χ0) is 13.1. The SMILES string of the molecule is Cc1cnccc1CN1CCCN2CCCCC2C1. The highest BCUT2D eigenvalue weighted by Gasteiger charge is 2.26. The molecule has 0 N–H and O–H groups in total. The summed E-state index contributed by atoms with van der Waals surface area (Å²) in [7, 11) is 0. The second-order valence-electron chi connectivity index (χ2n) is 6.08. The number of pyridine rings is 1. The smallest absolute Gasteiger partial charge is 0.0300 e. The zero-order valence-corrected chi connectivity index (χ0v) is 12.0. The van der Waals surface area contributed by atoms with Crippen LogP contribution in [-0.4, -0.2) is 47.0 Å². The predicted molar refractivity (Wildman–Crippen MR) is 78.1 cm³/mol. The van der Waals surface area contributed by atoms with Crippen molar-refractivity contribution < 1.29 is 0 Å². The summed E-state index contributed by atoms with van der Waals surface area (Å²) in [6.07, 6.45) is 9.45. The molecule has 1 aromatic heterocycles. The van der Waals surface area contributed by atoms with Gasteiger partial charge in [-0.1, -0.05) is 6.42 Å². The molecule has 2 saturated heterocycles. The second-order valence-corrected chi connectivity index (χ2v) is 6.08. The minimum absolute atomic E-state index is 0.804. The van der Waals surface area contributed by atoms with Crippen molar-refractivity contribution in [2.45, 2.75) is 45.2 Å². The molecular formula is C16H25N3. The maximum absolute atomic E-state index is 4.20. The van der Waals surface area contributed by atoms with Gasteiger partial charge in [-0.05, 0) is 63.0 Å². The molecule has 1 unspecified atom stereocenters. The van der Waals surface area contributed by atoms with E-state index in [4.69, 9.17) is 0 Å². The summed E-state index contributed by atoms with van der Waals surface area (Å²) >= 11 is 0. The minimum Gasteiger partial charge on any atom is -0.299 e. The molecule has 3 heterocycles. The summed E-state index contributed by atoms with van der Waals surface area (Å²) < 4.78 is 0. The summed E-state index contributed by atoms with van der Waals surface area (Å²) in [5.74, 6) is 0. The molecule has 0 saturated carbocycles. The number of hydrogen-bond donors (Lipinski definition) is 0. The Morgan fingerprint density at radius 1 is 1.21 bits per heavy atom. The first-order valence-corrected chi connectivity index (χ1v) is 7.69. The largest absolute Gasteiger partial charge is 0.299 e. The molecule has 2 aliphatic rings. The van der Waals surface area contributed by atoms with Crippen molar-refractivity contribution in [3.63, 3.8) is 0 Å². The monoisotopic (exact) mass is 259 g/mol. The molecule has 2 aliphatic heterocycles. The molecule has 1 atom stereocenters. The fourth-order valence-corrected chi connectivity index (χ4v) is 3.51. The number of nitrogens with zero attached hydrogens (tertiary/aromatic N) is 3. The highest BCUT2D eigenvalue weighted by atomic mass is 15.2. The van der Waals surface area contributed by atoms with E-state index in [2.05, 4.69) is 27.8 Å². The molecule has 104 valence electrons. The third-order valence-corrected chi connectivity index (χ3v) is 4.67. The molecule has 1 aromatic rings. The normalized spacial score (nSPS) is 25.8. The van der Waals surface area contributed by atoms with E-state index in [1.165, 1.54) is 63.0 Å². The molecule has 2 fully saturated rings. The molecule has 0 radical (unpaired) electrons. The molecule has 3 heteroatoms. The average molecular weight is 259 g/mol. The van der Waals surface area contributed by atoms with Crippen molar-refractivity contribution >= 4 is 0 Å². The maximum atomic E-state index is 4.20. The van der Waals surface area contributed by atoms with Crippen molar-refractivity contribution in [2.75, 3.05) is 26.2 Å². The van der Waals surface area contributed by atoms with E-state index in [-0.39, 0.29) is 0 Å². The summed E-state index contributed by atoms with van der Waals surface area (Å²) in [5, 5.41) is 0. The zero-order valence-electron chi connectivity index (χ0n) is 12.0. The average Bonchev–Trinajstić information content (AvgIpc) is 2.63. The van der Waals surface area contributed by atoms with Crippen LogP contribution >= 0.6 is 0 Å². The van der Waals surface area contributed by atoms with Gasteiger partial charge in [-0.25, -0.2) is 0 Å². The van der Waals surface area contributed by atoms with Crippen molar-refractivity contribution in [3.8, 4) is 0 Å². The fourth-order valence-electron chi connectivity index (χ4n) is 3.51. The number of aryl methyl sites for hydroxylation is 1. The summed E-state index contributed by atoms with van der Waals surface area (Å²) in [6, 6.07) is 2.98. The highest BCUT2D eigenvalue weighted by molar-refractivity contribution is 5.21. The fraction of sp³-hybridized carbons (Fsp3) is 0.688. The Morgan fingerprint density at radius 3 is 3.00 bits per heavy atom. The van der Waals surface area contributed by atoms with Crippen LogP contribution in [0, 0.1) is 6.92 Å². The van der Waals surface area contributed by atoms with Crippen molar-refractivity contribution in [1.29, 1.82) is 0 Å². The maximum Gasteiger partial charge on any atom is 0.0300 e. The lowest BCUT2D eigenvalue weighted by atomic mass is 10.0. The Morgan fingerprint density at radius 2 is 2.11 bits per heavy atom. The van der Waals surface area contributed by atoms with E-state index in [0.29, 0.717) is 0 Å². The first kappa shape index (κ1) is 13.1. The van der Waals surface area contributed by atoms with Crippen LogP contribution in [0.15, 0.2) is 18.5 Å². The van der Waals surface area contributed by atoms with Crippen LogP contribution in [0.25, 0.3) is 0 Å². The van der Waals surface area contributed by atoms with E-state index in [0.717, 1.165) is 12.6 Å². The Hall–Kier alpha value is -0.930. The molecule has 0 amide bonds. The minimum atomic E-state index is 0.804. The van der Waals surface area contributed by atoms with Crippen LogP contribution in [0.5, 0.6) is 0 Å². The van der Waals surface area contributed by atoms with E-state index < -0.39 is 0 Å². The molecule has 19 heavy (non-hydrogen) atoms. The Labute approximate surface area is 116 Å². The van der Waals surface area contributed by atoms with Crippen LogP contribution < -0.4 is 0 Å². The quantitative estimate of drug-likeness (QED) is 0.813. The lowest BCUT2D eigenvalue weighted by Gasteiger charge is -2.35. The molecule has 0 aliphatic carbocycles. The third-order valence-electron chi connectivity index (χ3n) is 4.67. The van der Waals surface area contributed by atoms with Gasteiger partial charge in [0, 0.05) is 31.5 Å². The van der Waals surface area contributed by atoms with Gasteiger partial charge in [0.05, 0.1) is 0 Å². The van der Waals surface area contributed by atoms with E-state index >= 15 is 0 Å². The Kier molecular flexibility index (Phi) is 4.14. The Balaban J connectivity index is 1.66. The summed E-state index contributed by atoms with van der Waals surface area (Å²) in [4.78, 5) is 9.57. The van der Waals surface area contributed by atoms with E-state index in [9.17, 15) is 0 Å². The molecular weight excluding hydrogens is 234 g/mol. The van der Waals surface area contributed by atoms with E-state index in [1.807, 2.05) is 12.4 Å². The van der Waals surface area contributed by atoms with Gasteiger partial charge in [0.15, 0.2) is 0 Å². The van der Waals surface area contributed by atoms with Crippen molar-refractivity contribution in [2.24, 2.45) is 0 Å². The van der Waals surface area contributed by atoms with Crippen LogP contribution in [0.1, 0.15) is 36.8 Å². The third kappa shape index (κ3) is 3.15. The van der Waals surface area contributed by atoms with Gasteiger partial charge >= 0.3 is 0 Å². The molecule has 0 spiro atoms.